The Balaban J connectivity index is 1.24. The summed E-state index contributed by atoms with van der Waals surface area (Å²) >= 11 is 6.15. The molecule has 2 aromatic carbocycles. The summed E-state index contributed by atoms with van der Waals surface area (Å²) in [6.07, 6.45) is -2.40. The van der Waals surface area contributed by atoms with Crippen molar-refractivity contribution in [2.75, 3.05) is 0 Å². The van der Waals surface area contributed by atoms with E-state index >= 15 is 0 Å². The minimum Gasteiger partial charge on any atom is -0.406 e. The average Bonchev–Trinajstić information content (AvgIpc) is 3.47. The van der Waals surface area contributed by atoms with Crippen molar-refractivity contribution in [3.8, 4) is 5.75 Å². The highest BCUT2D eigenvalue weighted by Gasteiger charge is 2.31. The van der Waals surface area contributed by atoms with Crippen LogP contribution in [0.2, 0.25) is 5.02 Å². The second kappa shape index (κ2) is 10.3. The molecule has 0 bridgehead atoms. The minimum absolute atomic E-state index is 0.0000692. The van der Waals surface area contributed by atoms with Crippen LogP contribution in [0.5, 0.6) is 5.75 Å². The number of carbonyl (C=O) groups excluding carboxylic acids is 1. The standard InChI is InChI=1S/C28H26ClF3N4O2/c1-3-24-26(36-16-22(29)8-11-25(36)34-24)27(37)33-13-18-4-5-20-14-35(15-21(20)12-18)17(2)19-6-9-23(10-7-19)38-28(30,31)32/h4-12,16-17H,3,13-15H2,1-2H3,(H,33,37). The number of halogens is 4. The summed E-state index contributed by atoms with van der Waals surface area (Å²) in [6.45, 7) is 5.77. The lowest BCUT2D eigenvalue weighted by atomic mass is 10.1. The SMILES string of the molecule is CCc1nc2ccc(Cl)cn2c1C(=O)NCc1ccc2c(c1)CN(C(C)c1ccc(OC(F)(F)F)cc1)C2. The van der Waals surface area contributed by atoms with Crippen molar-refractivity contribution >= 4 is 23.2 Å². The molecule has 4 aromatic rings. The Kier molecular flexibility index (Phi) is 7.07. The van der Waals surface area contributed by atoms with E-state index in [-0.39, 0.29) is 17.7 Å². The molecule has 1 atom stereocenters. The topological polar surface area (TPSA) is 58.9 Å². The molecule has 0 saturated heterocycles. The first-order valence-electron chi connectivity index (χ1n) is 12.3. The quantitative estimate of drug-likeness (QED) is 0.291. The Morgan fingerprint density at radius 2 is 1.84 bits per heavy atom. The smallest absolute Gasteiger partial charge is 0.406 e. The molecule has 0 saturated carbocycles. The molecule has 0 aliphatic carbocycles. The molecule has 6 nitrogen and oxygen atoms in total. The Labute approximate surface area is 223 Å². The van der Waals surface area contributed by atoms with Crippen LogP contribution in [-0.2, 0) is 26.1 Å². The van der Waals surface area contributed by atoms with Crippen molar-refractivity contribution in [1.82, 2.24) is 19.6 Å². The summed E-state index contributed by atoms with van der Waals surface area (Å²) < 4.78 is 43.0. The van der Waals surface area contributed by atoms with E-state index < -0.39 is 6.36 Å². The lowest BCUT2D eigenvalue weighted by Gasteiger charge is -2.24. The molecular formula is C28H26ClF3N4O2. The van der Waals surface area contributed by atoms with E-state index in [1.165, 1.54) is 17.7 Å². The number of amides is 1. The van der Waals surface area contributed by atoms with Gasteiger partial charge in [-0.3, -0.25) is 14.1 Å². The van der Waals surface area contributed by atoms with E-state index in [0.29, 0.717) is 41.6 Å². The molecular weight excluding hydrogens is 517 g/mol. The fourth-order valence-electron chi connectivity index (χ4n) is 4.84. The number of imidazole rings is 1. The number of benzene rings is 2. The summed E-state index contributed by atoms with van der Waals surface area (Å²) in [5.41, 5.74) is 6.10. The summed E-state index contributed by atoms with van der Waals surface area (Å²) in [5.74, 6) is -0.451. The fourth-order valence-corrected chi connectivity index (χ4v) is 5.00. The predicted octanol–water partition coefficient (Wildman–Crippen LogP) is 6.46. The van der Waals surface area contributed by atoms with Crippen LogP contribution in [0, 0.1) is 0 Å². The lowest BCUT2D eigenvalue weighted by molar-refractivity contribution is -0.274. The van der Waals surface area contributed by atoms with Crippen LogP contribution in [0.1, 0.15) is 58.3 Å². The van der Waals surface area contributed by atoms with Gasteiger partial charge in [0.25, 0.3) is 5.91 Å². The van der Waals surface area contributed by atoms with Crippen LogP contribution in [0.4, 0.5) is 13.2 Å². The molecule has 1 aliphatic rings. The van der Waals surface area contributed by atoms with Crippen LogP contribution in [0.3, 0.4) is 0 Å². The number of aryl methyl sites for hydroxylation is 1. The van der Waals surface area contributed by atoms with Crippen LogP contribution in [0.25, 0.3) is 5.65 Å². The molecule has 10 heteroatoms. The number of rotatable bonds is 7. The maximum atomic E-state index is 13.1. The van der Waals surface area contributed by atoms with Crippen LogP contribution >= 0.6 is 11.6 Å². The van der Waals surface area contributed by atoms with Crippen molar-refractivity contribution < 1.29 is 22.7 Å². The molecule has 1 unspecified atom stereocenters. The highest BCUT2D eigenvalue weighted by Crippen LogP contribution is 2.33. The third-order valence-corrected chi connectivity index (χ3v) is 7.04. The first-order valence-corrected chi connectivity index (χ1v) is 12.6. The zero-order valence-corrected chi connectivity index (χ0v) is 21.6. The number of carbonyl (C=O) groups is 1. The van der Waals surface area contributed by atoms with Crippen molar-refractivity contribution in [3.63, 3.8) is 0 Å². The maximum absolute atomic E-state index is 13.1. The van der Waals surface area contributed by atoms with Crippen LogP contribution < -0.4 is 10.1 Å². The highest BCUT2D eigenvalue weighted by atomic mass is 35.5. The molecule has 1 amide bonds. The van der Waals surface area contributed by atoms with Gasteiger partial charge >= 0.3 is 6.36 Å². The van der Waals surface area contributed by atoms with Crippen molar-refractivity contribution in [1.29, 1.82) is 0 Å². The molecule has 38 heavy (non-hydrogen) atoms. The number of pyridine rings is 1. The fraction of sp³-hybridized carbons (Fsp3) is 0.286. The first kappa shape index (κ1) is 26.1. The van der Waals surface area contributed by atoms with Gasteiger partial charge in [-0.05, 0) is 59.9 Å². The Morgan fingerprint density at radius 3 is 2.55 bits per heavy atom. The Hall–Kier alpha value is -3.56. The third-order valence-electron chi connectivity index (χ3n) is 6.82. The molecule has 3 heterocycles. The van der Waals surface area contributed by atoms with E-state index in [9.17, 15) is 18.0 Å². The van der Waals surface area contributed by atoms with Gasteiger partial charge in [-0.1, -0.05) is 48.9 Å². The largest absolute Gasteiger partial charge is 0.573 e. The third kappa shape index (κ3) is 5.49. The van der Waals surface area contributed by atoms with Crippen molar-refractivity contribution in [2.24, 2.45) is 0 Å². The maximum Gasteiger partial charge on any atom is 0.573 e. The second-order valence-corrected chi connectivity index (χ2v) is 9.76. The molecule has 198 valence electrons. The monoisotopic (exact) mass is 542 g/mol. The van der Waals surface area contributed by atoms with Gasteiger partial charge in [-0.2, -0.15) is 0 Å². The van der Waals surface area contributed by atoms with Gasteiger partial charge in [0.15, 0.2) is 0 Å². The first-order chi connectivity index (χ1) is 18.1. The van der Waals surface area contributed by atoms with Crippen LogP contribution in [0.15, 0.2) is 60.8 Å². The van der Waals surface area contributed by atoms with Gasteiger partial charge < -0.3 is 10.1 Å². The van der Waals surface area contributed by atoms with E-state index in [0.717, 1.165) is 23.2 Å². The zero-order valence-electron chi connectivity index (χ0n) is 20.8. The lowest BCUT2D eigenvalue weighted by Crippen LogP contribution is -2.25. The summed E-state index contributed by atoms with van der Waals surface area (Å²) in [6, 6.07) is 15.7. The minimum atomic E-state index is -4.71. The predicted molar refractivity (Wildman–Crippen MR) is 138 cm³/mol. The second-order valence-electron chi connectivity index (χ2n) is 9.32. The van der Waals surface area contributed by atoms with Gasteiger partial charge in [-0.25, -0.2) is 4.98 Å². The summed E-state index contributed by atoms with van der Waals surface area (Å²) in [4.78, 5) is 19.9. The molecule has 0 radical (unpaired) electrons. The van der Waals surface area contributed by atoms with Gasteiger partial charge in [0.2, 0.25) is 0 Å². The number of nitrogens with one attached hydrogen (secondary N) is 1. The molecule has 0 spiro atoms. The number of ether oxygens (including phenoxy) is 1. The highest BCUT2D eigenvalue weighted by molar-refractivity contribution is 6.30. The number of aromatic nitrogens is 2. The Bertz CT molecular complexity index is 1480. The van der Waals surface area contributed by atoms with Crippen molar-refractivity contribution in [3.05, 3.63) is 99.5 Å². The van der Waals surface area contributed by atoms with Gasteiger partial charge in [0, 0.05) is 31.9 Å². The normalized spacial score (nSPS) is 14.5. The van der Waals surface area contributed by atoms with E-state index in [4.69, 9.17) is 11.6 Å². The van der Waals surface area contributed by atoms with E-state index in [2.05, 4.69) is 32.1 Å². The summed E-state index contributed by atoms with van der Waals surface area (Å²) in [7, 11) is 0. The molecule has 2 aromatic heterocycles. The number of hydrogen-bond acceptors (Lipinski definition) is 4. The molecule has 0 fully saturated rings. The zero-order chi connectivity index (χ0) is 27.0. The van der Waals surface area contributed by atoms with E-state index in [1.807, 2.05) is 19.9 Å². The van der Waals surface area contributed by atoms with Gasteiger partial charge in [0.05, 0.1) is 10.7 Å². The Morgan fingerprint density at radius 1 is 1.11 bits per heavy atom. The van der Waals surface area contributed by atoms with Crippen LogP contribution in [-0.4, -0.2) is 26.6 Å². The average molecular weight is 543 g/mol. The number of fused-ring (bicyclic) bond motifs is 2. The van der Waals surface area contributed by atoms with Gasteiger partial charge in [-0.15, -0.1) is 13.2 Å². The van der Waals surface area contributed by atoms with Gasteiger partial charge in [0.1, 0.15) is 17.1 Å². The van der Waals surface area contributed by atoms with E-state index in [1.54, 1.807) is 34.9 Å². The molecule has 5 rings (SSSR count). The summed E-state index contributed by atoms with van der Waals surface area (Å²) in [5, 5.41) is 3.53. The number of nitrogens with zero attached hydrogens (tertiary/aromatic N) is 3. The molecule has 1 aliphatic heterocycles. The number of hydrogen-bond donors (Lipinski definition) is 1. The number of alkyl halides is 3. The molecule has 1 N–H and O–H groups in total. The van der Waals surface area contributed by atoms with Crippen molar-refractivity contribution in [2.45, 2.75) is 52.3 Å².